The zero-order valence-corrected chi connectivity index (χ0v) is 22.5. The number of carbonyl (C=O) groups is 2. The Balaban J connectivity index is 1.16. The normalized spacial score (nSPS) is 25.4. The second kappa shape index (κ2) is 8.78. The van der Waals surface area contributed by atoms with Gasteiger partial charge >= 0.3 is 0 Å². The fourth-order valence-electron chi connectivity index (χ4n) is 6.67. The number of amides is 2. The number of benzene rings is 2. The molecule has 3 fully saturated rings. The molecule has 1 aromatic heterocycles. The molecule has 39 heavy (non-hydrogen) atoms. The van der Waals surface area contributed by atoms with E-state index in [0.717, 1.165) is 47.2 Å². The molecule has 0 spiro atoms. The van der Waals surface area contributed by atoms with Crippen molar-refractivity contribution in [2.45, 2.75) is 70.3 Å². The summed E-state index contributed by atoms with van der Waals surface area (Å²) in [7, 11) is 0. The number of allylic oxidation sites excluding steroid dienone is 1. The monoisotopic (exact) mass is 526 g/mol. The number of carbonyl (C=O) groups excluding carboxylic acids is 2. The third kappa shape index (κ3) is 4.18. The summed E-state index contributed by atoms with van der Waals surface area (Å²) in [5.41, 5.74) is 3.38. The van der Waals surface area contributed by atoms with E-state index in [2.05, 4.69) is 28.8 Å². The van der Waals surface area contributed by atoms with E-state index in [4.69, 9.17) is 4.11 Å². The van der Waals surface area contributed by atoms with Crippen LogP contribution in [-0.4, -0.2) is 52.2 Å². The molecule has 0 radical (unpaired) electrons. The van der Waals surface area contributed by atoms with Gasteiger partial charge in [0.05, 0.1) is 17.4 Å². The highest BCUT2D eigenvalue weighted by atomic mass is 16.2. The lowest BCUT2D eigenvalue weighted by Gasteiger charge is -2.40. The van der Waals surface area contributed by atoms with E-state index in [0.29, 0.717) is 48.8 Å². The van der Waals surface area contributed by atoms with Gasteiger partial charge in [-0.1, -0.05) is 31.7 Å². The smallest absolute Gasteiger partial charge is 0.259 e. The maximum absolute atomic E-state index is 13.5. The number of nitrogens with one attached hydrogen (secondary N) is 1. The van der Waals surface area contributed by atoms with E-state index in [1.807, 2.05) is 36.5 Å². The van der Waals surface area contributed by atoms with Gasteiger partial charge in [0.25, 0.3) is 5.91 Å². The third-order valence-corrected chi connectivity index (χ3v) is 9.31. The Bertz CT molecular complexity index is 1610. The molecule has 2 aromatic carbocycles. The van der Waals surface area contributed by atoms with E-state index in [1.54, 1.807) is 15.8 Å². The van der Waals surface area contributed by atoms with E-state index in [-0.39, 0.29) is 11.8 Å². The molecular weight excluding hydrogens is 486 g/mol. The first kappa shape index (κ1) is 21.4. The Morgan fingerprint density at radius 3 is 2.72 bits per heavy atom. The molecule has 7 heteroatoms. The van der Waals surface area contributed by atoms with Crippen LogP contribution in [0.25, 0.3) is 10.8 Å². The molecule has 1 N–H and O–H groups in total. The quantitative estimate of drug-likeness (QED) is 0.491. The van der Waals surface area contributed by atoms with Gasteiger partial charge in [0.2, 0.25) is 5.91 Å². The van der Waals surface area contributed by atoms with Gasteiger partial charge in [0.1, 0.15) is 6.04 Å². The van der Waals surface area contributed by atoms with Crippen LogP contribution in [-0.2, 0) is 16.8 Å². The van der Waals surface area contributed by atoms with Crippen LogP contribution in [0.3, 0.4) is 0 Å². The minimum absolute atomic E-state index is 0.158. The van der Waals surface area contributed by atoms with Gasteiger partial charge in [-0.05, 0) is 79.4 Å². The Morgan fingerprint density at radius 1 is 1.15 bits per heavy atom. The molecule has 1 atom stereocenters. The summed E-state index contributed by atoms with van der Waals surface area (Å²) in [6, 6.07) is 9.11. The van der Waals surface area contributed by atoms with Crippen LogP contribution in [0.5, 0.6) is 0 Å². The van der Waals surface area contributed by atoms with Crippen molar-refractivity contribution in [3.63, 3.8) is 0 Å². The van der Waals surface area contributed by atoms with Gasteiger partial charge in [-0.3, -0.25) is 19.2 Å². The van der Waals surface area contributed by atoms with Gasteiger partial charge in [-0.2, -0.15) is 5.10 Å². The van der Waals surface area contributed by atoms with Crippen LogP contribution >= 0.6 is 0 Å². The maximum atomic E-state index is 13.5. The summed E-state index contributed by atoms with van der Waals surface area (Å²) in [4.78, 5) is 30.4. The van der Waals surface area contributed by atoms with Gasteiger partial charge < -0.3 is 10.2 Å². The average Bonchev–Trinajstić information content (AvgIpc) is 3.35. The number of anilines is 1. The molecule has 0 bridgehead atoms. The number of aromatic nitrogens is 2. The van der Waals surface area contributed by atoms with E-state index < -0.39 is 18.4 Å². The van der Waals surface area contributed by atoms with Crippen molar-refractivity contribution in [3.05, 3.63) is 71.7 Å². The largest absolute Gasteiger partial charge is 0.329 e. The number of nitrogens with zero attached hydrogens (tertiary/aromatic N) is 4. The number of likely N-dealkylation sites (tertiary alicyclic amines) is 1. The van der Waals surface area contributed by atoms with Gasteiger partial charge in [-0.25, -0.2) is 0 Å². The van der Waals surface area contributed by atoms with Crippen LogP contribution in [0.2, 0.25) is 0 Å². The standard InChI is InChI=1S/C32H37N5O2/c1-21-7-9-27(29(38)34-21)37-26-10-8-23(24-5-4-6-25(28(24)26)30(37)39)17-22-18-33-36(19-22)32(3)13-15-35(16-14-32)20-31(2)11-12-31/h4-6,8,10,18-19,27H,1,7,9,11-17,20H2,2-3H3,(H,34,38)/i3D3. The molecule has 1 aliphatic carbocycles. The first-order chi connectivity index (χ1) is 20.0. The molecule has 3 aliphatic heterocycles. The molecule has 7 nitrogen and oxygen atoms in total. The lowest BCUT2D eigenvalue weighted by Crippen LogP contribution is -2.51. The summed E-state index contributed by atoms with van der Waals surface area (Å²) in [6.07, 6.45) is 9.02. The van der Waals surface area contributed by atoms with E-state index in [9.17, 15) is 9.59 Å². The zero-order chi connectivity index (χ0) is 29.4. The van der Waals surface area contributed by atoms with Crippen molar-refractivity contribution in [1.29, 1.82) is 0 Å². The summed E-state index contributed by atoms with van der Waals surface area (Å²) in [5.74, 6) is -0.359. The molecule has 2 saturated heterocycles. The molecule has 2 amide bonds. The van der Waals surface area contributed by atoms with Crippen molar-refractivity contribution in [1.82, 2.24) is 20.0 Å². The maximum Gasteiger partial charge on any atom is 0.259 e. The van der Waals surface area contributed by atoms with E-state index in [1.165, 1.54) is 12.8 Å². The Kier molecular flexibility index (Phi) is 4.81. The third-order valence-electron chi connectivity index (χ3n) is 9.31. The zero-order valence-electron chi connectivity index (χ0n) is 25.5. The van der Waals surface area contributed by atoms with Gasteiger partial charge in [0.15, 0.2) is 0 Å². The van der Waals surface area contributed by atoms with E-state index >= 15 is 0 Å². The minimum atomic E-state index is -2.17. The Morgan fingerprint density at radius 2 is 1.97 bits per heavy atom. The molecule has 1 unspecified atom stereocenters. The fourth-order valence-corrected chi connectivity index (χ4v) is 6.67. The predicted molar refractivity (Wildman–Crippen MR) is 153 cm³/mol. The van der Waals surface area contributed by atoms with Gasteiger partial charge in [-0.15, -0.1) is 0 Å². The number of piperidine rings is 2. The van der Waals surface area contributed by atoms with Crippen molar-refractivity contribution in [3.8, 4) is 0 Å². The lowest BCUT2D eigenvalue weighted by molar-refractivity contribution is -0.122. The van der Waals surface area contributed by atoms with Crippen molar-refractivity contribution in [2.75, 3.05) is 24.5 Å². The topological polar surface area (TPSA) is 70.5 Å². The molecule has 4 aliphatic rings. The lowest BCUT2D eigenvalue weighted by atomic mass is 9.89. The average molecular weight is 527 g/mol. The molecule has 7 rings (SSSR count). The highest BCUT2D eigenvalue weighted by Gasteiger charge is 2.42. The first-order valence-electron chi connectivity index (χ1n) is 15.6. The number of rotatable bonds is 6. The number of hydrogen-bond donors (Lipinski definition) is 1. The molecule has 202 valence electrons. The van der Waals surface area contributed by atoms with Crippen LogP contribution < -0.4 is 10.2 Å². The molecule has 1 saturated carbocycles. The Hall–Kier alpha value is -3.45. The molecular formula is C32H37N5O2. The first-order valence-corrected chi connectivity index (χ1v) is 14.1. The van der Waals surface area contributed by atoms with Crippen molar-refractivity contribution < 1.29 is 13.7 Å². The fraction of sp³-hybridized carbons (Fsp3) is 0.469. The van der Waals surface area contributed by atoms with Crippen molar-refractivity contribution >= 4 is 28.3 Å². The summed E-state index contributed by atoms with van der Waals surface area (Å²) in [6.45, 7) is 6.57. The van der Waals surface area contributed by atoms with Crippen LogP contribution in [0.1, 0.15) is 77.9 Å². The predicted octanol–water partition coefficient (Wildman–Crippen LogP) is 4.99. The van der Waals surface area contributed by atoms with Crippen LogP contribution in [0.15, 0.2) is 55.0 Å². The van der Waals surface area contributed by atoms with Crippen LogP contribution in [0.4, 0.5) is 5.69 Å². The summed E-state index contributed by atoms with van der Waals surface area (Å²) < 4.78 is 27.2. The Labute approximate surface area is 234 Å². The molecule has 4 heterocycles. The summed E-state index contributed by atoms with van der Waals surface area (Å²) >= 11 is 0. The molecule has 3 aromatic rings. The SMILES string of the molecule is [2H]C([2H])([2H])C1(n2cc(Cc3ccc4c5c(cccc35)C(=O)N4C3CCC(=C)NC3=O)cn2)CCN(CC2(C)CC2)CC1. The minimum Gasteiger partial charge on any atom is -0.329 e. The second-order valence-corrected chi connectivity index (χ2v) is 12.4. The second-order valence-electron chi connectivity index (χ2n) is 12.4. The number of hydrogen-bond acceptors (Lipinski definition) is 4. The summed E-state index contributed by atoms with van der Waals surface area (Å²) in [5, 5.41) is 9.27. The highest BCUT2D eigenvalue weighted by molar-refractivity contribution is 6.27. The highest BCUT2D eigenvalue weighted by Crippen LogP contribution is 2.46. The van der Waals surface area contributed by atoms with Gasteiger partial charge in [0, 0.05) is 53.0 Å². The van der Waals surface area contributed by atoms with Crippen molar-refractivity contribution in [2.24, 2.45) is 5.41 Å². The van der Waals surface area contributed by atoms with Crippen LogP contribution in [0, 0.1) is 5.41 Å².